The van der Waals surface area contributed by atoms with E-state index in [1.54, 1.807) is 6.07 Å². The smallest absolute Gasteiger partial charge is 0.272 e. The van der Waals surface area contributed by atoms with Gasteiger partial charge in [-0.2, -0.15) is 0 Å². The summed E-state index contributed by atoms with van der Waals surface area (Å²) in [4.78, 5) is 111. The summed E-state index contributed by atoms with van der Waals surface area (Å²) in [5.41, 5.74) is 55.1. The fourth-order valence-corrected chi connectivity index (χ4v) is 5.95. The molecule has 0 radical (unpaired) electrons. The molecule has 0 spiro atoms. The molecule has 0 bridgehead atoms. The number of nitrogens with two attached hydrogens (primary N) is 10. The second-order valence-corrected chi connectivity index (χ2v) is 14.0. The molecule has 0 aliphatic carbocycles. The molecule has 0 aliphatic rings. The van der Waals surface area contributed by atoms with Crippen molar-refractivity contribution in [3.8, 4) is 0 Å². The molecule has 4 rings (SSSR count). The zero-order chi connectivity index (χ0) is 50.2. The Labute approximate surface area is 384 Å². The number of aliphatic hydroxyl groups is 1. The van der Waals surface area contributed by atoms with Crippen LogP contribution in [0.2, 0.25) is 0 Å². The maximum atomic E-state index is 14.0. The van der Waals surface area contributed by atoms with Crippen molar-refractivity contribution in [1.29, 1.82) is 0 Å². The number of rotatable bonds is 20. The highest BCUT2D eigenvalue weighted by Gasteiger charge is 2.34. The largest absolute Gasteiger partial charge is 0.370 e. The van der Waals surface area contributed by atoms with E-state index in [0.717, 1.165) is 21.5 Å². The van der Waals surface area contributed by atoms with Gasteiger partial charge in [0.2, 0.25) is 36.8 Å². The van der Waals surface area contributed by atoms with Crippen LogP contribution in [0.4, 0.5) is 0 Å². The number of aliphatic imine (C=N–C) groups is 5. The molecular formula is C39H49N21O8. The van der Waals surface area contributed by atoms with Crippen molar-refractivity contribution in [2.45, 2.75) is 43.1 Å². The molecule has 4 aromatic rings. The van der Waals surface area contributed by atoms with Crippen LogP contribution < -0.4 is 89.2 Å². The number of primary amides is 1. The van der Waals surface area contributed by atoms with Crippen molar-refractivity contribution in [3.05, 3.63) is 96.1 Å². The maximum absolute atomic E-state index is 14.0. The SMILES string of the molecule is NC(=O)C(N)NC(=O)C(N=C(N)N)NC(=O)C(N=C(N)N)NC(=O)C(N=C(N)N)NC(=O)C(N=C(N)N)NC(=O)C(NC(=O)C(O)N=Cc1c2ccccc2cc2ccccc12)c1ccccc1. The van der Waals surface area contributed by atoms with Gasteiger partial charge in [-0.25, -0.2) is 20.0 Å². The molecule has 7 amide bonds. The van der Waals surface area contributed by atoms with Crippen LogP contribution in [0.25, 0.3) is 21.5 Å². The number of carbonyl (C=O) groups excluding carboxylic acids is 7. The van der Waals surface area contributed by atoms with E-state index < -0.39 is 108 Å². The van der Waals surface area contributed by atoms with E-state index in [4.69, 9.17) is 57.3 Å². The lowest BCUT2D eigenvalue weighted by atomic mass is 9.97. The molecule has 0 heterocycles. The van der Waals surface area contributed by atoms with Gasteiger partial charge in [-0.15, -0.1) is 0 Å². The van der Waals surface area contributed by atoms with E-state index >= 15 is 0 Å². The molecule has 0 aromatic heterocycles. The zero-order valence-electron chi connectivity index (χ0n) is 35.5. The number of benzene rings is 4. The highest BCUT2D eigenvalue weighted by Crippen LogP contribution is 2.27. The van der Waals surface area contributed by atoms with Crippen molar-refractivity contribution in [2.75, 3.05) is 0 Å². The Balaban J connectivity index is 1.57. The van der Waals surface area contributed by atoms with E-state index in [1.165, 1.54) is 30.5 Å². The summed E-state index contributed by atoms with van der Waals surface area (Å²) in [6.45, 7) is 0. The number of nitrogens with zero attached hydrogens (tertiary/aromatic N) is 5. The Morgan fingerprint density at radius 3 is 1.24 bits per heavy atom. The number of fused-ring (bicyclic) bond motifs is 2. The quantitative estimate of drug-likeness (QED) is 0.0169. The number of guanidine groups is 4. The number of carbonyl (C=O) groups is 7. The molecule has 29 nitrogen and oxygen atoms in total. The Morgan fingerprint density at radius 2 is 0.838 bits per heavy atom. The van der Waals surface area contributed by atoms with Crippen molar-refractivity contribution >= 4 is 92.9 Å². The Morgan fingerprint density at radius 1 is 0.471 bits per heavy atom. The second kappa shape index (κ2) is 23.3. The van der Waals surface area contributed by atoms with E-state index in [0.29, 0.717) is 5.56 Å². The van der Waals surface area contributed by atoms with Gasteiger partial charge in [-0.1, -0.05) is 78.9 Å². The molecule has 7 unspecified atom stereocenters. The average molecular weight is 940 g/mol. The Kier molecular flexibility index (Phi) is 17.5. The van der Waals surface area contributed by atoms with Crippen LogP contribution in [0.3, 0.4) is 0 Å². The van der Waals surface area contributed by atoms with E-state index in [9.17, 15) is 38.7 Å². The third-order valence-electron chi connectivity index (χ3n) is 8.90. The second-order valence-electron chi connectivity index (χ2n) is 14.0. The van der Waals surface area contributed by atoms with Crippen molar-refractivity contribution in [3.63, 3.8) is 0 Å². The summed E-state index contributed by atoms with van der Waals surface area (Å²) in [5.74, 6) is -12.0. The van der Waals surface area contributed by atoms with Crippen LogP contribution in [0.15, 0.2) is 110 Å². The predicted molar refractivity (Wildman–Crippen MR) is 249 cm³/mol. The molecule has 27 N–H and O–H groups in total. The Bertz CT molecular complexity index is 2640. The lowest BCUT2D eigenvalue weighted by molar-refractivity contribution is -0.136. The summed E-state index contributed by atoms with van der Waals surface area (Å²) >= 11 is 0. The minimum absolute atomic E-state index is 0.149. The van der Waals surface area contributed by atoms with Crippen LogP contribution in [0.5, 0.6) is 0 Å². The van der Waals surface area contributed by atoms with Crippen LogP contribution in [0, 0.1) is 0 Å². The molecule has 0 aliphatic heterocycles. The van der Waals surface area contributed by atoms with Crippen LogP contribution in [0.1, 0.15) is 17.2 Å². The molecule has 0 fully saturated rings. The van der Waals surface area contributed by atoms with Crippen molar-refractivity contribution in [2.24, 2.45) is 82.3 Å². The molecule has 7 atom stereocenters. The summed E-state index contributed by atoms with van der Waals surface area (Å²) in [6, 6.07) is 22.8. The van der Waals surface area contributed by atoms with Crippen LogP contribution in [-0.4, -0.2) is 114 Å². The lowest BCUT2D eigenvalue weighted by Crippen LogP contribution is -2.60. The first-order chi connectivity index (χ1) is 32.1. The first-order valence-corrected chi connectivity index (χ1v) is 19.5. The molecule has 29 heteroatoms. The van der Waals surface area contributed by atoms with E-state index in [1.807, 2.05) is 70.5 Å². The van der Waals surface area contributed by atoms with Crippen molar-refractivity contribution < 1.29 is 38.7 Å². The first-order valence-electron chi connectivity index (χ1n) is 19.5. The normalized spacial score (nSPS) is 13.9. The summed E-state index contributed by atoms with van der Waals surface area (Å²) in [5, 5.41) is 27.0. The van der Waals surface area contributed by atoms with Gasteiger partial charge in [0.15, 0.2) is 30.0 Å². The van der Waals surface area contributed by atoms with Crippen LogP contribution >= 0.6 is 0 Å². The third-order valence-corrected chi connectivity index (χ3v) is 8.90. The van der Waals surface area contributed by atoms with Gasteiger partial charge in [-0.3, -0.25) is 38.6 Å². The molecule has 0 saturated carbocycles. The molecule has 0 saturated heterocycles. The number of amides is 7. The van der Waals surface area contributed by atoms with Gasteiger partial charge in [0, 0.05) is 11.8 Å². The third kappa shape index (κ3) is 14.4. The van der Waals surface area contributed by atoms with E-state index in [-0.39, 0.29) is 5.56 Å². The standard InChI is InChI=1S/C39H49N21O8/c40-23(24(41)61)52-30(63)25(57-36(42)43)54-32(65)27(59-38(46)47)56-33(66)28(60-39(48)49)55-31(64)26(58-37(44)45)53-29(62)22(16-8-2-1-3-9-16)51-35(68)34(67)50-15-21-19-12-6-4-10-17(19)14-18-11-5-7-13-20(18)21/h1-15,22-23,25-28,34,67H,40H2,(H2,41,61)(H,51,68)(H,52,63)(H,53,62)(H,54,65)(H,55,64)(H,56,66)(H4,42,43,57)(H4,44,45,58)(H4,46,47,59)(H4,48,49,60). The van der Waals surface area contributed by atoms with Gasteiger partial charge >= 0.3 is 0 Å². The van der Waals surface area contributed by atoms with E-state index in [2.05, 4.69) is 40.9 Å². The summed E-state index contributed by atoms with van der Waals surface area (Å²) in [7, 11) is 0. The van der Waals surface area contributed by atoms with Gasteiger partial charge in [-0.05, 0) is 33.2 Å². The fraction of sp³-hybridized carbons (Fsp3) is 0.179. The first kappa shape index (κ1) is 51.0. The molecule has 358 valence electrons. The predicted octanol–water partition coefficient (Wildman–Crippen LogP) is -7.66. The molecule has 68 heavy (non-hydrogen) atoms. The lowest BCUT2D eigenvalue weighted by Gasteiger charge is -2.24. The fourth-order valence-electron chi connectivity index (χ4n) is 5.95. The zero-order valence-corrected chi connectivity index (χ0v) is 35.5. The highest BCUT2D eigenvalue weighted by molar-refractivity contribution is 6.13. The monoisotopic (exact) mass is 939 g/mol. The topological polar surface area (TPSA) is 534 Å². The van der Waals surface area contributed by atoms with Gasteiger partial charge in [0.25, 0.3) is 35.4 Å². The minimum Gasteiger partial charge on any atom is -0.370 e. The van der Waals surface area contributed by atoms with Crippen molar-refractivity contribution in [1.82, 2.24) is 31.9 Å². The highest BCUT2D eigenvalue weighted by atomic mass is 16.3. The molecular weight excluding hydrogens is 891 g/mol. The average Bonchev–Trinajstić information content (AvgIpc) is 3.27. The number of hydrogen-bond acceptors (Lipinski definition) is 14. The number of hydrogen-bond donors (Lipinski definition) is 17. The number of nitrogens with one attached hydrogen (secondary N) is 6. The summed E-state index contributed by atoms with van der Waals surface area (Å²) < 4.78 is 0. The van der Waals surface area contributed by atoms with Gasteiger partial charge in [0.1, 0.15) is 6.04 Å². The molecule has 4 aromatic carbocycles. The van der Waals surface area contributed by atoms with Gasteiger partial charge in [0.05, 0.1) is 0 Å². The minimum atomic E-state index is -2.19. The van der Waals surface area contributed by atoms with Crippen LogP contribution in [-0.2, 0) is 33.6 Å². The Hall–Kier alpha value is -9.64. The van der Waals surface area contributed by atoms with Gasteiger partial charge < -0.3 is 94.3 Å². The maximum Gasteiger partial charge on any atom is 0.272 e. The summed E-state index contributed by atoms with van der Waals surface area (Å²) in [6.07, 6.45) is -11.0. The number of aliphatic hydroxyl groups excluding tert-OH is 1.